The topological polar surface area (TPSA) is 63.7 Å². The fraction of sp³-hybridized carbons (Fsp3) is 0.214. The van der Waals surface area contributed by atoms with Crippen LogP contribution in [-0.2, 0) is 19.4 Å². The van der Waals surface area contributed by atoms with Crippen LogP contribution in [0.15, 0.2) is 58.5 Å². The predicted molar refractivity (Wildman–Crippen MR) is 76.6 cm³/mol. The number of carbonyl (C=O) groups excluding carboxylic acids is 1. The van der Waals surface area contributed by atoms with Crippen LogP contribution in [0.2, 0.25) is 0 Å². The number of allylic oxidation sites excluding steroid dienone is 2. The maximum Gasteiger partial charge on any atom is 0.349 e. The lowest BCUT2D eigenvalue weighted by molar-refractivity contribution is -0.135. The van der Waals surface area contributed by atoms with Crippen molar-refractivity contribution in [2.24, 2.45) is 0 Å². The molecular weight excluding hydrogens is 278 g/mol. The highest BCUT2D eigenvalue weighted by molar-refractivity contribution is 7.96. The average Bonchev–Trinajstić information content (AvgIpc) is 2.43. The minimum atomic E-state index is -3.89. The molecule has 0 amide bonds. The first-order chi connectivity index (χ1) is 9.39. The Balaban J connectivity index is 3.28. The number of ether oxygens (including phenoxy) is 1. The van der Waals surface area contributed by atoms with Crippen LogP contribution in [0.25, 0.3) is 0 Å². The molecule has 0 aliphatic rings. The quantitative estimate of drug-likeness (QED) is 0.469. The SMILES string of the molecule is COC(=O)/C(=C/C=C/N(C)C)S(=O)(=O)c1ccccc1. The zero-order valence-electron chi connectivity index (χ0n) is 11.6. The van der Waals surface area contributed by atoms with Gasteiger partial charge >= 0.3 is 5.97 Å². The summed E-state index contributed by atoms with van der Waals surface area (Å²) in [6.45, 7) is 0. The highest BCUT2D eigenvalue weighted by Gasteiger charge is 2.26. The van der Waals surface area contributed by atoms with E-state index in [2.05, 4.69) is 4.74 Å². The van der Waals surface area contributed by atoms with E-state index in [-0.39, 0.29) is 4.90 Å². The molecule has 0 saturated carbocycles. The number of esters is 1. The zero-order chi connectivity index (χ0) is 15.2. The summed E-state index contributed by atoms with van der Waals surface area (Å²) in [5.41, 5.74) is 0. The maximum atomic E-state index is 12.4. The van der Waals surface area contributed by atoms with Gasteiger partial charge in [0, 0.05) is 14.1 Å². The number of rotatable bonds is 5. The van der Waals surface area contributed by atoms with Gasteiger partial charge < -0.3 is 9.64 Å². The van der Waals surface area contributed by atoms with Gasteiger partial charge in [0.1, 0.15) is 0 Å². The molecule has 0 radical (unpaired) electrons. The summed E-state index contributed by atoms with van der Waals surface area (Å²) in [6, 6.07) is 7.75. The average molecular weight is 295 g/mol. The standard InChI is InChI=1S/C14H17NO4S/c1-15(2)11-7-10-13(14(16)19-3)20(17,18)12-8-5-4-6-9-12/h4-11H,1-3H3/b11-7+,13-10-. The van der Waals surface area contributed by atoms with Gasteiger partial charge in [0.2, 0.25) is 9.84 Å². The number of nitrogens with zero attached hydrogens (tertiary/aromatic N) is 1. The number of sulfone groups is 1. The molecule has 0 aromatic heterocycles. The molecule has 1 rings (SSSR count). The van der Waals surface area contributed by atoms with Gasteiger partial charge in [0.15, 0.2) is 4.91 Å². The number of benzene rings is 1. The molecule has 108 valence electrons. The Morgan fingerprint density at radius 3 is 2.30 bits per heavy atom. The highest BCUT2D eigenvalue weighted by atomic mass is 32.2. The molecule has 0 spiro atoms. The minimum absolute atomic E-state index is 0.0508. The first-order valence-electron chi connectivity index (χ1n) is 5.83. The van der Waals surface area contributed by atoms with E-state index in [1.54, 1.807) is 43.4 Å². The summed E-state index contributed by atoms with van der Waals surface area (Å²) in [5, 5.41) is 0. The molecule has 1 aromatic rings. The minimum Gasteiger partial charge on any atom is -0.465 e. The monoisotopic (exact) mass is 295 g/mol. The molecule has 0 aliphatic carbocycles. The van der Waals surface area contributed by atoms with Crippen LogP contribution >= 0.6 is 0 Å². The van der Waals surface area contributed by atoms with Crippen LogP contribution in [0, 0.1) is 0 Å². The molecule has 1 aromatic carbocycles. The molecular formula is C14H17NO4S. The summed E-state index contributed by atoms with van der Waals surface area (Å²) in [6.07, 6.45) is 4.34. The highest BCUT2D eigenvalue weighted by Crippen LogP contribution is 2.20. The molecule has 0 aliphatic heterocycles. The molecule has 0 bridgehead atoms. The van der Waals surface area contributed by atoms with Crippen molar-refractivity contribution in [3.05, 3.63) is 53.6 Å². The Hall–Kier alpha value is -2.08. The molecule has 0 atom stereocenters. The number of methoxy groups -OCH3 is 1. The second kappa shape index (κ2) is 6.91. The fourth-order valence-corrected chi connectivity index (χ4v) is 2.73. The normalized spacial score (nSPS) is 12.4. The van der Waals surface area contributed by atoms with Crippen LogP contribution < -0.4 is 0 Å². The number of carbonyl (C=O) groups is 1. The van der Waals surface area contributed by atoms with E-state index >= 15 is 0 Å². The van der Waals surface area contributed by atoms with Crippen LogP contribution in [0.5, 0.6) is 0 Å². The van der Waals surface area contributed by atoms with Crippen LogP contribution in [-0.4, -0.2) is 40.5 Å². The Bertz CT molecular complexity index is 616. The van der Waals surface area contributed by atoms with Gasteiger partial charge in [-0.1, -0.05) is 18.2 Å². The van der Waals surface area contributed by atoms with E-state index in [9.17, 15) is 13.2 Å². The molecule has 0 unspecified atom stereocenters. The lowest BCUT2D eigenvalue weighted by atomic mass is 10.4. The van der Waals surface area contributed by atoms with Crippen LogP contribution in [0.4, 0.5) is 0 Å². The summed E-state index contributed by atoms with van der Waals surface area (Å²) in [7, 11) is 0.823. The van der Waals surface area contributed by atoms with Gasteiger partial charge in [0.05, 0.1) is 12.0 Å². The van der Waals surface area contributed by atoms with E-state index < -0.39 is 20.7 Å². The Labute approximate surface area is 119 Å². The van der Waals surface area contributed by atoms with Crippen LogP contribution in [0.3, 0.4) is 0 Å². The molecule has 6 heteroatoms. The second-order valence-electron chi connectivity index (χ2n) is 4.14. The smallest absolute Gasteiger partial charge is 0.349 e. The molecule has 20 heavy (non-hydrogen) atoms. The van der Waals surface area contributed by atoms with Crippen molar-refractivity contribution in [1.82, 2.24) is 4.90 Å². The second-order valence-corrected chi connectivity index (χ2v) is 6.06. The van der Waals surface area contributed by atoms with Crippen molar-refractivity contribution in [3.8, 4) is 0 Å². The summed E-state index contributed by atoms with van der Waals surface area (Å²) < 4.78 is 29.3. The largest absolute Gasteiger partial charge is 0.465 e. The Morgan fingerprint density at radius 1 is 1.20 bits per heavy atom. The number of hydrogen-bond donors (Lipinski definition) is 0. The summed E-state index contributed by atoms with van der Waals surface area (Å²) in [5.74, 6) is -0.891. The Kier molecular flexibility index (Phi) is 5.52. The van der Waals surface area contributed by atoms with E-state index in [1.807, 2.05) is 0 Å². The molecule has 0 heterocycles. The van der Waals surface area contributed by atoms with Crippen LogP contribution in [0.1, 0.15) is 0 Å². The van der Waals surface area contributed by atoms with Crippen molar-refractivity contribution < 1.29 is 17.9 Å². The third-order valence-corrected chi connectivity index (χ3v) is 4.14. The molecule has 0 saturated heterocycles. The zero-order valence-corrected chi connectivity index (χ0v) is 12.4. The molecule has 5 nitrogen and oxygen atoms in total. The maximum absolute atomic E-state index is 12.4. The predicted octanol–water partition coefficient (Wildman–Crippen LogP) is 1.59. The number of hydrogen-bond acceptors (Lipinski definition) is 5. The van der Waals surface area contributed by atoms with Gasteiger partial charge in [-0.15, -0.1) is 0 Å². The van der Waals surface area contributed by atoms with Gasteiger partial charge in [-0.05, 0) is 30.5 Å². The van der Waals surface area contributed by atoms with Gasteiger partial charge in [-0.3, -0.25) is 0 Å². The van der Waals surface area contributed by atoms with Crippen molar-refractivity contribution >= 4 is 15.8 Å². The molecule has 0 N–H and O–H groups in total. The van der Waals surface area contributed by atoms with E-state index in [0.29, 0.717) is 0 Å². The first kappa shape index (κ1) is 16.0. The first-order valence-corrected chi connectivity index (χ1v) is 7.31. The Morgan fingerprint density at radius 2 is 1.80 bits per heavy atom. The third kappa shape index (κ3) is 3.96. The fourth-order valence-electron chi connectivity index (χ4n) is 1.40. The van der Waals surface area contributed by atoms with Gasteiger partial charge in [-0.2, -0.15) is 0 Å². The lowest BCUT2D eigenvalue weighted by Crippen LogP contribution is -2.15. The van der Waals surface area contributed by atoms with E-state index in [1.165, 1.54) is 24.3 Å². The van der Waals surface area contributed by atoms with Crippen molar-refractivity contribution in [3.63, 3.8) is 0 Å². The summed E-state index contributed by atoms with van der Waals surface area (Å²) >= 11 is 0. The summed E-state index contributed by atoms with van der Waals surface area (Å²) in [4.78, 5) is 13.1. The van der Waals surface area contributed by atoms with E-state index in [4.69, 9.17) is 0 Å². The third-order valence-electron chi connectivity index (χ3n) is 2.36. The van der Waals surface area contributed by atoms with Crippen molar-refractivity contribution in [2.75, 3.05) is 21.2 Å². The van der Waals surface area contributed by atoms with Gasteiger partial charge in [-0.25, -0.2) is 13.2 Å². The van der Waals surface area contributed by atoms with Crippen molar-refractivity contribution in [2.45, 2.75) is 4.90 Å². The van der Waals surface area contributed by atoms with E-state index in [0.717, 1.165) is 7.11 Å². The molecule has 0 fully saturated rings. The van der Waals surface area contributed by atoms with Gasteiger partial charge in [0.25, 0.3) is 0 Å². The lowest BCUT2D eigenvalue weighted by Gasteiger charge is -2.07. The van der Waals surface area contributed by atoms with Crippen molar-refractivity contribution in [1.29, 1.82) is 0 Å².